The standard InChI is InChI=1S/C22H20ClF3N4O/c23-19-8-6-15(12-18(19)22(24,25)26)7-9-21(31)29-11-10-17(13-29)30-14-20(27-28-30)16-4-2-1-3-5-16/h1-6,8,12,14,17H,7,9-11,13H2. The van der Waals surface area contributed by atoms with Gasteiger partial charge in [0, 0.05) is 25.1 Å². The minimum Gasteiger partial charge on any atom is -0.340 e. The van der Waals surface area contributed by atoms with Gasteiger partial charge in [0.25, 0.3) is 0 Å². The van der Waals surface area contributed by atoms with Gasteiger partial charge < -0.3 is 4.90 Å². The molecule has 1 atom stereocenters. The highest BCUT2D eigenvalue weighted by Crippen LogP contribution is 2.35. The van der Waals surface area contributed by atoms with Crippen LogP contribution in [0.3, 0.4) is 0 Å². The van der Waals surface area contributed by atoms with E-state index in [1.54, 1.807) is 9.58 Å². The highest BCUT2D eigenvalue weighted by atomic mass is 35.5. The van der Waals surface area contributed by atoms with Crippen molar-refractivity contribution < 1.29 is 18.0 Å². The summed E-state index contributed by atoms with van der Waals surface area (Å²) in [5.74, 6) is -0.0885. The zero-order valence-corrected chi connectivity index (χ0v) is 17.3. The van der Waals surface area contributed by atoms with Crippen LogP contribution in [0.15, 0.2) is 54.7 Å². The quantitative estimate of drug-likeness (QED) is 0.550. The summed E-state index contributed by atoms with van der Waals surface area (Å²) in [6, 6.07) is 13.5. The van der Waals surface area contributed by atoms with Crippen LogP contribution in [0.2, 0.25) is 5.02 Å². The number of nitrogens with zero attached hydrogens (tertiary/aromatic N) is 4. The second-order valence-corrected chi connectivity index (χ2v) is 7.95. The fourth-order valence-corrected chi connectivity index (χ4v) is 3.96. The van der Waals surface area contributed by atoms with Crippen LogP contribution in [0.1, 0.15) is 30.0 Å². The number of amides is 1. The molecule has 3 aromatic rings. The number of likely N-dealkylation sites (tertiary alicyclic amines) is 1. The second kappa shape index (κ2) is 8.70. The maximum absolute atomic E-state index is 13.0. The van der Waals surface area contributed by atoms with E-state index in [1.807, 2.05) is 36.5 Å². The summed E-state index contributed by atoms with van der Waals surface area (Å²) in [6.45, 7) is 1.09. The number of alkyl halides is 3. The number of aromatic nitrogens is 3. The van der Waals surface area contributed by atoms with E-state index in [0.29, 0.717) is 18.7 Å². The highest BCUT2D eigenvalue weighted by molar-refractivity contribution is 6.31. The molecule has 9 heteroatoms. The molecular formula is C22H20ClF3N4O. The van der Waals surface area contributed by atoms with Crippen molar-refractivity contribution in [2.45, 2.75) is 31.5 Å². The molecule has 1 unspecified atom stereocenters. The molecular weight excluding hydrogens is 429 g/mol. The van der Waals surface area contributed by atoms with E-state index in [1.165, 1.54) is 12.1 Å². The van der Waals surface area contributed by atoms with Crippen molar-refractivity contribution in [2.24, 2.45) is 0 Å². The van der Waals surface area contributed by atoms with E-state index in [9.17, 15) is 18.0 Å². The number of carbonyl (C=O) groups excluding carboxylic acids is 1. The summed E-state index contributed by atoms with van der Waals surface area (Å²) in [4.78, 5) is 14.3. The van der Waals surface area contributed by atoms with Gasteiger partial charge in [0.15, 0.2) is 0 Å². The number of halogens is 4. The Balaban J connectivity index is 1.35. The Kier molecular flexibility index (Phi) is 6.00. The van der Waals surface area contributed by atoms with Gasteiger partial charge in [0.05, 0.1) is 22.8 Å². The third-order valence-corrected chi connectivity index (χ3v) is 5.76. The minimum absolute atomic E-state index is 0.0290. The maximum atomic E-state index is 13.0. The summed E-state index contributed by atoms with van der Waals surface area (Å²) < 4.78 is 40.8. The smallest absolute Gasteiger partial charge is 0.340 e. The largest absolute Gasteiger partial charge is 0.417 e. The summed E-state index contributed by atoms with van der Waals surface area (Å²) >= 11 is 5.65. The minimum atomic E-state index is -4.52. The zero-order valence-electron chi connectivity index (χ0n) is 16.5. The van der Waals surface area contributed by atoms with E-state index < -0.39 is 11.7 Å². The molecule has 0 N–H and O–H groups in total. The molecule has 162 valence electrons. The van der Waals surface area contributed by atoms with E-state index in [2.05, 4.69) is 10.3 Å². The molecule has 2 heterocycles. The Hall–Kier alpha value is -2.87. The lowest BCUT2D eigenvalue weighted by atomic mass is 10.1. The predicted octanol–water partition coefficient (Wildman–Crippen LogP) is 5.02. The normalized spacial score (nSPS) is 16.6. The first-order chi connectivity index (χ1) is 14.8. The molecule has 1 aliphatic rings. The van der Waals surface area contributed by atoms with Crippen molar-refractivity contribution in [3.8, 4) is 11.3 Å². The summed E-state index contributed by atoms with van der Waals surface area (Å²) in [7, 11) is 0. The number of carbonyl (C=O) groups is 1. The number of benzene rings is 2. The Bertz CT molecular complexity index is 1070. The Morgan fingerprint density at radius 3 is 2.68 bits per heavy atom. The molecule has 4 rings (SSSR count). The Morgan fingerprint density at radius 1 is 1.16 bits per heavy atom. The lowest BCUT2D eigenvalue weighted by molar-refractivity contribution is -0.137. The van der Waals surface area contributed by atoms with Crippen LogP contribution in [0.5, 0.6) is 0 Å². The predicted molar refractivity (Wildman–Crippen MR) is 110 cm³/mol. The van der Waals surface area contributed by atoms with Crippen LogP contribution in [-0.2, 0) is 17.4 Å². The van der Waals surface area contributed by atoms with E-state index in [4.69, 9.17) is 11.6 Å². The molecule has 0 spiro atoms. The number of aryl methyl sites for hydroxylation is 1. The first-order valence-electron chi connectivity index (χ1n) is 9.92. The maximum Gasteiger partial charge on any atom is 0.417 e. The van der Waals surface area contributed by atoms with Crippen LogP contribution < -0.4 is 0 Å². The molecule has 1 fully saturated rings. The van der Waals surface area contributed by atoms with Crippen molar-refractivity contribution in [1.82, 2.24) is 19.9 Å². The van der Waals surface area contributed by atoms with Gasteiger partial charge in [-0.05, 0) is 30.5 Å². The molecule has 1 saturated heterocycles. The van der Waals surface area contributed by atoms with Crippen LogP contribution in [-0.4, -0.2) is 38.9 Å². The van der Waals surface area contributed by atoms with Crippen LogP contribution >= 0.6 is 11.6 Å². The number of hydrogen-bond acceptors (Lipinski definition) is 3. The van der Waals surface area contributed by atoms with Crippen molar-refractivity contribution in [1.29, 1.82) is 0 Å². The third kappa shape index (κ3) is 4.90. The van der Waals surface area contributed by atoms with E-state index in [-0.39, 0.29) is 29.8 Å². The summed E-state index contributed by atoms with van der Waals surface area (Å²) in [6.07, 6.45) is -1.53. The van der Waals surface area contributed by atoms with Crippen LogP contribution in [0, 0.1) is 0 Å². The van der Waals surface area contributed by atoms with Gasteiger partial charge in [-0.15, -0.1) is 5.10 Å². The fourth-order valence-electron chi connectivity index (χ4n) is 3.74. The third-order valence-electron chi connectivity index (χ3n) is 5.43. The molecule has 1 amide bonds. The van der Waals surface area contributed by atoms with Gasteiger partial charge in [-0.25, -0.2) is 4.68 Å². The molecule has 2 aromatic carbocycles. The Labute approximate surface area is 182 Å². The molecule has 31 heavy (non-hydrogen) atoms. The van der Waals surface area contributed by atoms with Crippen LogP contribution in [0.25, 0.3) is 11.3 Å². The second-order valence-electron chi connectivity index (χ2n) is 7.54. The van der Waals surface area contributed by atoms with E-state index >= 15 is 0 Å². The van der Waals surface area contributed by atoms with Crippen molar-refractivity contribution in [3.63, 3.8) is 0 Å². The number of rotatable bonds is 5. The lowest BCUT2D eigenvalue weighted by Gasteiger charge is -2.17. The Morgan fingerprint density at radius 2 is 1.94 bits per heavy atom. The summed E-state index contributed by atoms with van der Waals surface area (Å²) in [5.41, 5.74) is 1.31. The fraction of sp³-hybridized carbons (Fsp3) is 0.318. The van der Waals surface area contributed by atoms with Crippen LogP contribution in [0.4, 0.5) is 13.2 Å². The highest BCUT2D eigenvalue weighted by Gasteiger charge is 2.33. The molecule has 0 radical (unpaired) electrons. The first-order valence-corrected chi connectivity index (χ1v) is 10.3. The van der Waals surface area contributed by atoms with Gasteiger partial charge in [-0.1, -0.05) is 53.2 Å². The van der Waals surface area contributed by atoms with Crippen molar-refractivity contribution in [3.05, 3.63) is 70.9 Å². The average molecular weight is 449 g/mol. The molecule has 1 aromatic heterocycles. The summed E-state index contributed by atoms with van der Waals surface area (Å²) in [5, 5.41) is 8.09. The number of hydrogen-bond donors (Lipinski definition) is 0. The average Bonchev–Trinajstić information content (AvgIpc) is 3.42. The molecule has 0 saturated carbocycles. The molecule has 5 nitrogen and oxygen atoms in total. The first kappa shape index (κ1) is 21.4. The van der Waals surface area contributed by atoms with Gasteiger partial charge in [0.1, 0.15) is 5.69 Å². The monoisotopic (exact) mass is 448 g/mol. The van der Waals surface area contributed by atoms with Gasteiger partial charge >= 0.3 is 6.18 Å². The lowest BCUT2D eigenvalue weighted by Crippen LogP contribution is -2.29. The zero-order chi connectivity index (χ0) is 22.0. The molecule has 1 aliphatic heterocycles. The van der Waals surface area contributed by atoms with Gasteiger partial charge in [0.2, 0.25) is 5.91 Å². The van der Waals surface area contributed by atoms with Crippen molar-refractivity contribution >= 4 is 17.5 Å². The molecule has 0 aliphatic carbocycles. The van der Waals surface area contributed by atoms with Crippen molar-refractivity contribution in [2.75, 3.05) is 13.1 Å². The van der Waals surface area contributed by atoms with E-state index in [0.717, 1.165) is 23.7 Å². The topological polar surface area (TPSA) is 51.0 Å². The SMILES string of the molecule is O=C(CCc1ccc(Cl)c(C(F)(F)F)c1)N1CCC(n2cc(-c3ccccc3)nn2)C1. The van der Waals surface area contributed by atoms with Gasteiger partial charge in [-0.3, -0.25) is 4.79 Å². The molecule has 0 bridgehead atoms. The van der Waals surface area contributed by atoms with Gasteiger partial charge in [-0.2, -0.15) is 13.2 Å².